The van der Waals surface area contributed by atoms with Crippen LogP contribution < -0.4 is 4.72 Å². The first kappa shape index (κ1) is 16.5. The lowest BCUT2D eigenvalue weighted by atomic mass is 10.0. The maximum Gasteiger partial charge on any atom is 0.245 e. The molecule has 0 aromatic carbocycles. The summed E-state index contributed by atoms with van der Waals surface area (Å²) in [6.45, 7) is 9.15. The van der Waals surface area contributed by atoms with E-state index in [9.17, 15) is 8.42 Å². The second-order valence-electron chi connectivity index (χ2n) is 5.95. The molecule has 2 rings (SSSR count). The van der Waals surface area contributed by atoms with Gasteiger partial charge in [0.15, 0.2) is 5.76 Å². The summed E-state index contributed by atoms with van der Waals surface area (Å²) in [4.78, 5) is 2.59. The van der Waals surface area contributed by atoms with Crippen molar-refractivity contribution in [3.05, 3.63) is 11.5 Å². The highest BCUT2D eigenvalue weighted by Gasteiger charge is 2.23. The van der Waals surface area contributed by atoms with E-state index in [4.69, 9.17) is 4.52 Å². The first-order valence-electron chi connectivity index (χ1n) is 7.55. The molecule has 1 fully saturated rings. The molecular formula is C14H25N3O3S. The highest BCUT2D eigenvalue weighted by Crippen LogP contribution is 2.18. The van der Waals surface area contributed by atoms with Gasteiger partial charge in [-0.3, -0.25) is 0 Å². The van der Waals surface area contributed by atoms with Crippen molar-refractivity contribution < 1.29 is 12.9 Å². The second-order valence-corrected chi connectivity index (χ2v) is 7.66. The van der Waals surface area contributed by atoms with Crippen LogP contribution in [-0.4, -0.2) is 44.7 Å². The van der Waals surface area contributed by atoms with E-state index >= 15 is 0 Å². The molecule has 1 N–H and O–H groups in total. The van der Waals surface area contributed by atoms with Crippen molar-refractivity contribution in [3.8, 4) is 0 Å². The number of likely N-dealkylation sites (tertiary alicyclic amines) is 1. The smallest absolute Gasteiger partial charge is 0.245 e. The van der Waals surface area contributed by atoms with Gasteiger partial charge in [0.25, 0.3) is 0 Å². The Morgan fingerprint density at radius 2 is 2.19 bits per heavy atom. The molecule has 1 saturated heterocycles. The molecule has 1 unspecified atom stereocenters. The van der Waals surface area contributed by atoms with Crippen LogP contribution in [-0.2, 0) is 10.0 Å². The van der Waals surface area contributed by atoms with Crippen molar-refractivity contribution in [1.82, 2.24) is 14.8 Å². The molecule has 6 nitrogen and oxygen atoms in total. The lowest BCUT2D eigenvalue weighted by Gasteiger charge is -2.30. The summed E-state index contributed by atoms with van der Waals surface area (Å²) in [6, 6.07) is 0. The van der Waals surface area contributed by atoms with Crippen molar-refractivity contribution >= 4 is 10.0 Å². The lowest BCUT2D eigenvalue weighted by molar-refractivity contribution is 0.182. The van der Waals surface area contributed by atoms with Crippen molar-refractivity contribution in [2.45, 2.75) is 44.9 Å². The Balaban J connectivity index is 1.80. The highest BCUT2D eigenvalue weighted by atomic mass is 32.2. The molecule has 0 spiro atoms. The number of nitrogens with one attached hydrogen (secondary N) is 1. The van der Waals surface area contributed by atoms with Gasteiger partial charge in [-0.05, 0) is 52.1 Å². The van der Waals surface area contributed by atoms with Crippen molar-refractivity contribution in [2.75, 3.05) is 26.2 Å². The Hall–Kier alpha value is -0.920. The van der Waals surface area contributed by atoms with E-state index in [0.717, 1.165) is 32.0 Å². The molecule has 1 aliphatic heterocycles. The van der Waals surface area contributed by atoms with E-state index in [2.05, 4.69) is 21.7 Å². The van der Waals surface area contributed by atoms with Crippen LogP contribution in [0, 0.1) is 19.8 Å². The number of aromatic nitrogens is 1. The zero-order chi connectivity index (χ0) is 15.5. The van der Waals surface area contributed by atoms with Crippen LogP contribution in [0.1, 0.15) is 37.6 Å². The van der Waals surface area contributed by atoms with Gasteiger partial charge in [-0.2, -0.15) is 0 Å². The van der Waals surface area contributed by atoms with Gasteiger partial charge < -0.3 is 9.42 Å². The normalized spacial score (nSPS) is 20.8. The SMILES string of the molecule is Cc1noc(C)c1S(=O)(=O)NCCCN1CCCC(C)C1. The van der Waals surface area contributed by atoms with E-state index < -0.39 is 10.0 Å². The molecule has 0 aliphatic carbocycles. The van der Waals surface area contributed by atoms with Crippen LogP contribution in [0.25, 0.3) is 0 Å². The van der Waals surface area contributed by atoms with Gasteiger partial charge in [0, 0.05) is 13.1 Å². The van der Waals surface area contributed by atoms with Crippen LogP contribution in [0.3, 0.4) is 0 Å². The second kappa shape index (κ2) is 6.89. The summed E-state index contributed by atoms with van der Waals surface area (Å²) in [5.74, 6) is 1.09. The standard InChI is InChI=1S/C14H25N3O3S/c1-11-6-4-8-17(10-11)9-5-7-15-21(18,19)14-12(2)16-20-13(14)3/h11,15H,4-10H2,1-3H3. The van der Waals surface area contributed by atoms with Crippen LogP contribution >= 0.6 is 0 Å². The zero-order valence-electron chi connectivity index (χ0n) is 13.1. The van der Waals surface area contributed by atoms with Gasteiger partial charge in [-0.15, -0.1) is 0 Å². The molecule has 2 heterocycles. The average Bonchev–Trinajstić information content (AvgIpc) is 2.75. The van der Waals surface area contributed by atoms with Gasteiger partial charge in [0.1, 0.15) is 10.6 Å². The fourth-order valence-electron chi connectivity index (χ4n) is 2.93. The minimum atomic E-state index is -3.52. The molecule has 0 bridgehead atoms. The molecule has 1 aromatic rings. The number of piperidine rings is 1. The predicted octanol–water partition coefficient (Wildman–Crippen LogP) is 1.69. The largest absolute Gasteiger partial charge is 0.360 e. The Bertz CT molecular complexity index is 549. The fourth-order valence-corrected chi connectivity index (χ4v) is 4.33. The van der Waals surface area contributed by atoms with E-state index in [1.54, 1.807) is 13.8 Å². The zero-order valence-corrected chi connectivity index (χ0v) is 13.9. The number of hydrogen-bond acceptors (Lipinski definition) is 5. The Morgan fingerprint density at radius 1 is 1.43 bits per heavy atom. The third-order valence-corrected chi connectivity index (χ3v) is 5.63. The minimum Gasteiger partial charge on any atom is -0.360 e. The first-order valence-corrected chi connectivity index (χ1v) is 9.03. The number of sulfonamides is 1. The van der Waals surface area contributed by atoms with Crippen LogP contribution in [0.4, 0.5) is 0 Å². The maximum atomic E-state index is 12.2. The summed E-state index contributed by atoms with van der Waals surface area (Å²) >= 11 is 0. The molecule has 0 amide bonds. The van der Waals surface area contributed by atoms with E-state index in [1.165, 1.54) is 12.8 Å². The number of rotatable bonds is 6. The van der Waals surface area contributed by atoms with E-state index in [0.29, 0.717) is 18.0 Å². The predicted molar refractivity (Wildman–Crippen MR) is 80.6 cm³/mol. The molecule has 21 heavy (non-hydrogen) atoms. The lowest BCUT2D eigenvalue weighted by Crippen LogP contribution is -2.36. The fraction of sp³-hybridized carbons (Fsp3) is 0.786. The quantitative estimate of drug-likeness (QED) is 0.809. The maximum absolute atomic E-state index is 12.2. The average molecular weight is 315 g/mol. The molecular weight excluding hydrogens is 290 g/mol. The molecule has 0 radical (unpaired) electrons. The van der Waals surface area contributed by atoms with Crippen molar-refractivity contribution in [3.63, 3.8) is 0 Å². The van der Waals surface area contributed by atoms with Crippen LogP contribution in [0.2, 0.25) is 0 Å². The minimum absolute atomic E-state index is 0.175. The van der Waals surface area contributed by atoms with Crippen LogP contribution in [0.15, 0.2) is 9.42 Å². The number of nitrogens with zero attached hydrogens (tertiary/aromatic N) is 2. The highest BCUT2D eigenvalue weighted by molar-refractivity contribution is 7.89. The molecule has 120 valence electrons. The van der Waals surface area contributed by atoms with Gasteiger partial charge in [-0.25, -0.2) is 13.1 Å². The summed E-state index contributed by atoms with van der Waals surface area (Å²) in [5, 5.41) is 3.69. The Kier molecular flexibility index (Phi) is 5.40. The monoisotopic (exact) mass is 315 g/mol. The summed E-state index contributed by atoms with van der Waals surface area (Å²) < 4.78 is 32.0. The van der Waals surface area contributed by atoms with Gasteiger partial charge in [-0.1, -0.05) is 12.1 Å². The molecule has 7 heteroatoms. The first-order chi connectivity index (χ1) is 9.90. The summed E-state index contributed by atoms with van der Waals surface area (Å²) in [5.41, 5.74) is 0.407. The van der Waals surface area contributed by atoms with Gasteiger partial charge in [0.2, 0.25) is 10.0 Å². The number of hydrogen-bond donors (Lipinski definition) is 1. The summed E-state index contributed by atoms with van der Waals surface area (Å²) in [7, 11) is -3.52. The number of aryl methyl sites for hydroxylation is 2. The van der Waals surface area contributed by atoms with Gasteiger partial charge >= 0.3 is 0 Å². The third kappa shape index (κ3) is 4.28. The summed E-state index contributed by atoms with van der Waals surface area (Å²) in [6.07, 6.45) is 3.36. The Morgan fingerprint density at radius 3 is 2.81 bits per heavy atom. The van der Waals surface area contributed by atoms with E-state index in [1.807, 2.05) is 0 Å². The van der Waals surface area contributed by atoms with Crippen molar-refractivity contribution in [2.24, 2.45) is 5.92 Å². The molecule has 1 atom stereocenters. The van der Waals surface area contributed by atoms with E-state index in [-0.39, 0.29) is 4.90 Å². The molecule has 1 aromatic heterocycles. The molecule has 0 saturated carbocycles. The topological polar surface area (TPSA) is 75.4 Å². The van der Waals surface area contributed by atoms with Gasteiger partial charge in [0.05, 0.1) is 0 Å². The Labute approximate surface area is 126 Å². The third-order valence-electron chi connectivity index (χ3n) is 3.92. The van der Waals surface area contributed by atoms with Crippen LogP contribution in [0.5, 0.6) is 0 Å². The molecule has 1 aliphatic rings. The van der Waals surface area contributed by atoms with Crippen molar-refractivity contribution in [1.29, 1.82) is 0 Å².